The van der Waals surface area contributed by atoms with Gasteiger partial charge in [0.1, 0.15) is 0 Å². The highest BCUT2D eigenvalue weighted by molar-refractivity contribution is 5.11. The van der Waals surface area contributed by atoms with Gasteiger partial charge in [-0.05, 0) is 31.2 Å². The van der Waals surface area contributed by atoms with E-state index in [1.165, 1.54) is 58.3 Å². The second-order valence-electron chi connectivity index (χ2n) is 5.67. The Labute approximate surface area is 92.7 Å². The molecule has 0 unspecified atom stereocenters. The van der Waals surface area contributed by atoms with Crippen LogP contribution in [0.5, 0.6) is 0 Å². The van der Waals surface area contributed by atoms with E-state index in [9.17, 15) is 0 Å². The Morgan fingerprint density at radius 3 is 2.73 bits per heavy atom. The van der Waals surface area contributed by atoms with Crippen molar-refractivity contribution in [1.82, 2.24) is 10.2 Å². The summed E-state index contributed by atoms with van der Waals surface area (Å²) in [5.41, 5.74) is 2.44. The van der Waals surface area contributed by atoms with Crippen molar-refractivity contribution < 1.29 is 0 Å². The number of nitrogens with zero attached hydrogens (tertiary/aromatic N) is 1. The number of hydrogen-bond acceptors (Lipinski definition) is 2. The summed E-state index contributed by atoms with van der Waals surface area (Å²) in [5, 5.41) is 3.38. The lowest BCUT2D eigenvalue weighted by Crippen LogP contribution is -2.55. The average Bonchev–Trinajstić information content (AvgIpc) is 2.68. The molecule has 3 rings (SSSR count). The molecule has 2 nitrogen and oxygen atoms in total. The minimum absolute atomic E-state index is 0.771. The number of nitrogens with one attached hydrogen (secondary N) is 1. The third-order valence-corrected chi connectivity index (χ3v) is 4.37. The zero-order valence-corrected chi connectivity index (χ0v) is 9.60. The summed E-state index contributed by atoms with van der Waals surface area (Å²) in [4.78, 5) is 2.66. The molecule has 2 heterocycles. The smallest absolute Gasteiger partial charge is 0.0194 e. The summed E-state index contributed by atoms with van der Waals surface area (Å²) in [5.74, 6) is 0. The Morgan fingerprint density at radius 1 is 1.27 bits per heavy atom. The van der Waals surface area contributed by atoms with Crippen LogP contribution in [0.1, 0.15) is 32.1 Å². The van der Waals surface area contributed by atoms with Gasteiger partial charge in [-0.3, -0.25) is 4.90 Å². The van der Waals surface area contributed by atoms with E-state index in [4.69, 9.17) is 0 Å². The maximum Gasteiger partial charge on any atom is 0.0194 e. The van der Waals surface area contributed by atoms with Crippen LogP contribution in [-0.4, -0.2) is 37.6 Å². The standard InChI is InChI=1S/C13H22N2/c1-2-6-13(5-1)10-15(11-13)9-12-3-7-14-8-4-12/h3,14H,1-2,4-11H2. The monoisotopic (exact) mass is 206 g/mol. The average molecular weight is 206 g/mol. The molecule has 2 fully saturated rings. The molecule has 0 aromatic heterocycles. The van der Waals surface area contributed by atoms with Crippen molar-refractivity contribution in [2.24, 2.45) is 5.41 Å². The fraction of sp³-hybridized carbons (Fsp3) is 0.846. The molecule has 0 aromatic carbocycles. The predicted octanol–water partition coefficient (Wildman–Crippen LogP) is 1.78. The van der Waals surface area contributed by atoms with Crippen LogP contribution in [0.4, 0.5) is 0 Å². The molecule has 1 saturated carbocycles. The van der Waals surface area contributed by atoms with Crippen molar-refractivity contribution in [2.45, 2.75) is 32.1 Å². The molecular formula is C13H22N2. The zero-order valence-electron chi connectivity index (χ0n) is 9.60. The second kappa shape index (κ2) is 3.91. The first kappa shape index (κ1) is 9.86. The molecule has 0 radical (unpaired) electrons. The minimum atomic E-state index is 0.771. The topological polar surface area (TPSA) is 15.3 Å². The summed E-state index contributed by atoms with van der Waals surface area (Å²) >= 11 is 0. The van der Waals surface area contributed by atoms with Gasteiger partial charge in [0.05, 0.1) is 0 Å². The van der Waals surface area contributed by atoms with E-state index in [1.807, 2.05) is 0 Å². The van der Waals surface area contributed by atoms with Gasteiger partial charge in [0.25, 0.3) is 0 Å². The van der Waals surface area contributed by atoms with Crippen molar-refractivity contribution in [3.63, 3.8) is 0 Å². The number of rotatable bonds is 2. The highest BCUT2D eigenvalue weighted by Gasteiger charge is 2.44. The van der Waals surface area contributed by atoms with Crippen LogP contribution in [-0.2, 0) is 0 Å². The molecule has 84 valence electrons. The molecule has 3 aliphatic rings. The van der Waals surface area contributed by atoms with Crippen LogP contribution in [0.15, 0.2) is 11.6 Å². The van der Waals surface area contributed by atoms with E-state index < -0.39 is 0 Å². The normalized spacial score (nSPS) is 30.3. The van der Waals surface area contributed by atoms with Gasteiger partial charge in [0.15, 0.2) is 0 Å². The molecule has 15 heavy (non-hydrogen) atoms. The predicted molar refractivity (Wildman–Crippen MR) is 62.9 cm³/mol. The Morgan fingerprint density at radius 2 is 2.07 bits per heavy atom. The third kappa shape index (κ3) is 1.98. The second-order valence-corrected chi connectivity index (χ2v) is 5.67. The van der Waals surface area contributed by atoms with E-state index in [2.05, 4.69) is 16.3 Å². The van der Waals surface area contributed by atoms with E-state index in [-0.39, 0.29) is 0 Å². The molecule has 2 heteroatoms. The maximum absolute atomic E-state index is 3.38. The summed E-state index contributed by atoms with van der Waals surface area (Å²) in [6.45, 7) is 6.30. The lowest BCUT2D eigenvalue weighted by atomic mass is 9.78. The van der Waals surface area contributed by atoms with Crippen LogP contribution < -0.4 is 5.32 Å². The molecular weight excluding hydrogens is 184 g/mol. The molecule has 1 aliphatic carbocycles. The summed E-state index contributed by atoms with van der Waals surface area (Å²) in [7, 11) is 0. The summed E-state index contributed by atoms with van der Waals surface area (Å²) in [6.07, 6.45) is 9.64. The molecule has 1 spiro atoms. The summed E-state index contributed by atoms with van der Waals surface area (Å²) in [6, 6.07) is 0. The summed E-state index contributed by atoms with van der Waals surface area (Å²) < 4.78 is 0. The third-order valence-electron chi connectivity index (χ3n) is 4.37. The van der Waals surface area contributed by atoms with E-state index in [1.54, 1.807) is 5.57 Å². The zero-order chi connectivity index (χ0) is 10.1. The van der Waals surface area contributed by atoms with Crippen molar-refractivity contribution in [1.29, 1.82) is 0 Å². The number of hydrogen-bond donors (Lipinski definition) is 1. The van der Waals surface area contributed by atoms with Gasteiger partial charge >= 0.3 is 0 Å². The van der Waals surface area contributed by atoms with Crippen molar-refractivity contribution in [2.75, 3.05) is 32.7 Å². The Kier molecular flexibility index (Phi) is 2.57. The molecule has 1 saturated heterocycles. The maximum atomic E-state index is 3.38. The van der Waals surface area contributed by atoms with E-state index in [0.29, 0.717) is 0 Å². The van der Waals surface area contributed by atoms with Gasteiger partial charge in [0, 0.05) is 26.2 Å². The molecule has 0 bridgehead atoms. The highest BCUT2D eigenvalue weighted by atomic mass is 15.2. The Hall–Kier alpha value is -0.340. The minimum Gasteiger partial charge on any atom is -0.313 e. The fourth-order valence-corrected chi connectivity index (χ4v) is 3.56. The van der Waals surface area contributed by atoms with Crippen LogP contribution in [0.2, 0.25) is 0 Å². The van der Waals surface area contributed by atoms with Crippen LogP contribution in [0.25, 0.3) is 0 Å². The first-order valence-corrected chi connectivity index (χ1v) is 6.47. The van der Waals surface area contributed by atoms with E-state index in [0.717, 1.165) is 12.0 Å². The van der Waals surface area contributed by atoms with Crippen LogP contribution in [0.3, 0.4) is 0 Å². The fourth-order valence-electron chi connectivity index (χ4n) is 3.56. The van der Waals surface area contributed by atoms with Gasteiger partial charge < -0.3 is 5.32 Å². The molecule has 0 atom stereocenters. The molecule has 0 amide bonds. The largest absolute Gasteiger partial charge is 0.313 e. The highest BCUT2D eigenvalue weighted by Crippen LogP contribution is 2.45. The molecule has 1 N–H and O–H groups in total. The van der Waals surface area contributed by atoms with Gasteiger partial charge in [-0.15, -0.1) is 0 Å². The Balaban J connectivity index is 1.48. The van der Waals surface area contributed by atoms with Crippen molar-refractivity contribution >= 4 is 0 Å². The first-order chi connectivity index (χ1) is 7.36. The Bertz CT molecular complexity index is 256. The van der Waals surface area contributed by atoms with Crippen molar-refractivity contribution in [3.8, 4) is 0 Å². The SMILES string of the molecule is C1=C(CN2CC3(CCCC3)C2)CCNC1. The molecule has 2 aliphatic heterocycles. The van der Waals surface area contributed by atoms with Crippen LogP contribution in [0, 0.1) is 5.41 Å². The molecule has 0 aromatic rings. The number of likely N-dealkylation sites (tertiary alicyclic amines) is 1. The lowest BCUT2D eigenvalue weighted by Gasteiger charge is -2.49. The van der Waals surface area contributed by atoms with Crippen molar-refractivity contribution in [3.05, 3.63) is 11.6 Å². The van der Waals surface area contributed by atoms with E-state index >= 15 is 0 Å². The quantitative estimate of drug-likeness (QED) is 0.693. The van der Waals surface area contributed by atoms with Gasteiger partial charge in [-0.1, -0.05) is 24.5 Å². The van der Waals surface area contributed by atoms with Crippen LogP contribution >= 0.6 is 0 Å². The first-order valence-electron chi connectivity index (χ1n) is 6.47. The lowest BCUT2D eigenvalue weighted by molar-refractivity contribution is 0.0132. The van der Waals surface area contributed by atoms with Gasteiger partial charge in [-0.2, -0.15) is 0 Å². The van der Waals surface area contributed by atoms with Gasteiger partial charge in [0.2, 0.25) is 0 Å². The van der Waals surface area contributed by atoms with Gasteiger partial charge in [-0.25, -0.2) is 0 Å².